The maximum atomic E-state index is 13.4. The van der Waals surface area contributed by atoms with Crippen molar-refractivity contribution in [1.29, 1.82) is 0 Å². The zero-order valence-corrected chi connectivity index (χ0v) is 10.0. The first kappa shape index (κ1) is 13.5. The molecule has 0 radical (unpaired) electrons. The van der Waals surface area contributed by atoms with E-state index in [2.05, 4.69) is 0 Å². The fourth-order valence-corrected chi connectivity index (χ4v) is 1.58. The number of carbonyl (C=O) groups is 2. The molecule has 0 aliphatic heterocycles. The minimum absolute atomic E-state index is 0.196. The van der Waals surface area contributed by atoms with Gasteiger partial charge in [-0.05, 0) is 26.0 Å². The van der Waals surface area contributed by atoms with Crippen LogP contribution >= 0.6 is 0 Å². The van der Waals surface area contributed by atoms with Crippen LogP contribution in [0.25, 0.3) is 0 Å². The average Bonchev–Trinajstić information content (AvgIpc) is 2.27. The predicted molar refractivity (Wildman–Crippen MR) is 59.8 cm³/mol. The van der Waals surface area contributed by atoms with E-state index >= 15 is 0 Å². The lowest BCUT2D eigenvalue weighted by Crippen LogP contribution is -2.33. The first-order chi connectivity index (χ1) is 7.80. The fourth-order valence-electron chi connectivity index (χ4n) is 1.58. The summed E-state index contributed by atoms with van der Waals surface area (Å²) in [7, 11) is 0. The number of hydrogen-bond donors (Lipinski definition) is 0. The Morgan fingerprint density at radius 1 is 1.24 bits per heavy atom. The number of benzene rings is 1. The lowest BCUT2D eigenvalue weighted by molar-refractivity contribution is -0.124. The molecule has 92 valence electrons. The van der Waals surface area contributed by atoms with Crippen LogP contribution < -0.4 is 0 Å². The molecule has 0 aliphatic rings. The number of hydrogen-bond acceptors (Lipinski definition) is 2. The summed E-state index contributed by atoms with van der Waals surface area (Å²) in [6.07, 6.45) is 0.196. The van der Waals surface area contributed by atoms with Crippen LogP contribution in [0.1, 0.15) is 37.6 Å². The van der Waals surface area contributed by atoms with Gasteiger partial charge in [0.2, 0.25) is 0 Å². The Hall–Kier alpha value is -1.58. The quantitative estimate of drug-likeness (QED) is 0.598. The largest absolute Gasteiger partial charge is 0.299 e. The number of Topliss-reactive ketones (excluding diaryl/α,β-unsaturated/α-hetero) is 2. The van der Waals surface area contributed by atoms with E-state index in [1.807, 2.05) is 0 Å². The van der Waals surface area contributed by atoms with Crippen molar-refractivity contribution in [3.05, 3.63) is 35.4 Å². The van der Waals surface area contributed by atoms with Crippen LogP contribution in [0.2, 0.25) is 0 Å². The summed E-state index contributed by atoms with van der Waals surface area (Å²) in [4.78, 5) is 23.6. The molecule has 0 bridgehead atoms. The van der Waals surface area contributed by atoms with Crippen molar-refractivity contribution in [2.24, 2.45) is 5.41 Å². The molecule has 0 spiro atoms. The van der Waals surface area contributed by atoms with Gasteiger partial charge < -0.3 is 0 Å². The van der Waals surface area contributed by atoms with Gasteiger partial charge in [-0.2, -0.15) is 0 Å². The summed E-state index contributed by atoms with van der Waals surface area (Å²) in [5.74, 6) is -2.58. The topological polar surface area (TPSA) is 34.1 Å². The highest BCUT2D eigenvalue weighted by Gasteiger charge is 2.36. The van der Waals surface area contributed by atoms with Gasteiger partial charge in [0.1, 0.15) is 17.4 Å². The van der Waals surface area contributed by atoms with Crippen LogP contribution in [-0.4, -0.2) is 11.6 Å². The molecule has 0 unspecified atom stereocenters. The lowest BCUT2D eigenvalue weighted by Gasteiger charge is -2.21. The van der Waals surface area contributed by atoms with Crippen LogP contribution in [0, 0.1) is 17.0 Å². The standard InChI is InChI=1S/C13H14F2O2/c1-4-11(16)13(2,3)12(17)9-6-5-8(14)7-10(9)15/h5-7H,4H2,1-3H3. The van der Waals surface area contributed by atoms with Crippen molar-refractivity contribution in [1.82, 2.24) is 0 Å². The Morgan fingerprint density at radius 2 is 1.82 bits per heavy atom. The molecular formula is C13H14F2O2. The molecule has 1 aromatic rings. The molecular weight excluding hydrogens is 226 g/mol. The monoisotopic (exact) mass is 240 g/mol. The second kappa shape index (κ2) is 4.73. The van der Waals surface area contributed by atoms with Crippen LogP contribution in [-0.2, 0) is 4.79 Å². The van der Waals surface area contributed by atoms with Crippen molar-refractivity contribution < 1.29 is 18.4 Å². The molecule has 0 fully saturated rings. The zero-order valence-electron chi connectivity index (χ0n) is 10.0. The van der Waals surface area contributed by atoms with Gasteiger partial charge in [0.15, 0.2) is 5.78 Å². The Kier molecular flexibility index (Phi) is 3.76. The Bertz CT molecular complexity index is 464. The molecule has 1 aromatic carbocycles. The van der Waals surface area contributed by atoms with Crippen LogP contribution in [0.5, 0.6) is 0 Å². The van der Waals surface area contributed by atoms with Crippen LogP contribution in [0.4, 0.5) is 8.78 Å². The highest BCUT2D eigenvalue weighted by atomic mass is 19.1. The van der Waals surface area contributed by atoms with E-state index in [-0.39, 0.29) is 17.8 Å². The highest BCUT2D eigenvalue weighted by Crippen LogP contribution is 2.26. The summed E-state index contributed by atoms with van der Waals surface area (Å²) in [6, 6.07) is 2.71. The predicted octanol–water partition coefficient (Wildman–Crippen LogP) is 3.15. The molecule has 17 heavy (non-hydrogen) atoms. The molecule has 0 heterocycles. The van der Waals surface area contributed by atoms with Crippen molar-refractivity contribution in [3.8, 4) is 0 Å². The smallest absolute Gasteiger partial charge is 0.178 e. The average molecular weight is 240 g/mol. The van der Waals surface area contributed by atoms with Gasteiger partial charge in [-0.25, -0.2) is 8.78 Å². The van der Waals surface area contributed by atoms with Crippen LogP contribution in [0.3, 0.4) is 0 Å². The molecule has 4 heteroatoms. The third-order valence-electron chi connectivity index (χ3n) is 2.76. The Labute approximate surface area is 98.6 Å². The van der Waals surface area contributed by atoms with E-state index in [9.17, 15) is 18.4 Å². The first-order valence-electron chi connectivity index (χ1n) is 5.33. The normalized spacial score (nSPS) is 11.4. The number of rotatable bonds is 4. The maximum absolute atomic E-state index is 13.4. The minimum Gasteiger partial charge on any atom is -0.299 e. The van der Waals surface area contributed by atoms with Crippen LogP contribution in [0.15, 0.2) is 18.2 Å². The third-order valence-corrected chi connectivity index (χ3v) is 2.76. The summed E-state index contributed by atoms with van der Waals surface area (Å²) in [5.41, 5.74) is -1.54. The summed E-state index contributed by atoms with van der Waals surface area (Å²) in [5, 5.41) is 0. The van der Waals surface area contributed by atoms with E-state index in [1.165, 1.54) is 13.8 Å². The highest BCUT2D eigenvalue weighted by molar-refractivity contribution is 6.13. The molecule has 1 rings (SSSR count). The van der Waals surface area contributed by atoms with E-state index < -0.39 is 22.8 Å². The van der Waals surface area contributed by atoms with Gasteiger partial charge in [0, 0.05) is 12.5 Å². The molecule has 0 atom stereocenters. The first-order valence-corrected chi connectivity index (χ1v) is 5.33. The molecule has 0 amide bonds. The lowest BCUT2D eigenvalue weighted by atomic mass is 9.79. The summed E-state index contributed by atoms with van der Waals surface area (Å²) in [6.45, 7) is 4.53. The molecule has 0 aromatic heterocycles. The second-order valence-electron chi connectivity index (χ2n) is 4.36. The summed E-state index contributed by atoms with van der Waals surface area (Å²) >= 11 is 0. The number of carbonyl (C=O) groups excluding carboxylic acids is 2. The Balaban J connectivity index is 3.17. The van der Waals surface area contributed by atoms with E-state index in [0.29, 0.717) is 6.07 Å². The van der Waals surface area contributed by atoms with Gasteiger partial charge in [-0.1, -0.05) is 6.92 Å². The van der Waals surface area contributed by atoms with Gasteiger partial charge in [0.25, 0.3) is 0 Å². The molecule has 0 saturated heterocycles. The summed E-state index contributed by atoms with van der Waals surface area (Å²) < 4.78 is 26.1. The third kappa shape index (κ3) is 2.57. The van der Waals surface area contributed by atoms with Crippen molar-refractivity contribution in [2.75, 3.05) is 0 Å². The van der Waals surface area contributed by atoms with Gasteiger partial charge in [-0.3, -0.25) is 9.59 Å². The van der Waals surface area contributed by atoms with Crippen molar-refractivity contribution in [3.63, 3.8) is 0 Å². The SMILES string of the molecule is CCC(=O)C(C)(C)C(=O)c1ccc(F)cc1F. The maximum Gasteiger partial charge on any atom is 0.178 e. The van der Waals surface area contributed by atoms with Gasteiger partial charge in [0.05, 0.1) is 11.0 Å². The van der Waals surface area contributed by atoms with Gasteiger partial charge in [-0.15, -0.1) is 0 Å². The number of halogens is 2. The zero-order chi connectivity index (χ0) is 13.2. The molecule has 0 saturated carbocycles. The van der Waals surface area contributed by atoms with Gasteiger partial charge >= 0.3 is 0 Å². The Morgan fingerprint density at radius 3 is 2.29 bits per heavy atom. The molecule has 0 N–H and O–H groups in total. The van der Waals surface area contributed by atoms with Crippen molar-refractivity contribution >= 4 is 11.6 Å². The fraction of sp³-hybridized carbons (Fsp3) is 0.385. The number of ketones is 2. The molecule has 2 nitrogen and oxygen atoms in total. The molecule has 0 aliphatic carbocycles. The van der Waals surface area contributed by atoms with E-state index in [1.54, 1.807) is 6.92 Å². The second-order valence-corrected chi connectivity index (χ2v) is 4.36. The van der Waals surface area contributed by atoms with Crippen molar-refractivity contribution in [2.45, 2.75) is 27.2 Å². The van der Waals surface area contributed by atoms with E-state index in [0.717, 1.165) is 12.1 Å². The minimum atomic E-state index is -1.28. The van der Waals surface area contributed by atoms with E-state index in [4.69, 9.17) is 0 Å².